The molecule has 1 fully saturated rings. The molecule has 4 heterocycles. The van der Waals surface area contributed by atoms with Crippen LogP contribution in [0.15, 0.2) is 219 Å². The molecule has 84 heavy (non-hydrogen) atoms. The lowest BCUT2D eigenvalue weighted by molar-refractivity contribution is 0.195. The Morgan fingerprint density at radius 2 is 0.845 bits per heavy atom. The van der Waals surface area contributed by atoms with Crippen molar-refractivity contribution in [3.05, 3.63) is 241 Å². The fourth-order valence-electron chi connectivity index (χ4n) is 14.9. The van der Waals surface area contributed by atoms with Crippen LogP contribution in [0.25, 0.3) is 44.5 Å². The predicted molar refractivity (Wildman–Crippen MR) is 359 cm³/mol. The van der Waals surface area contributed by atoms with E-state index in [0.29, 0.717) is 0 Å². The van der Waals surface area contributed by atoms with Gasteiger partial charge in [0, 0.05) is 63.1 Å². The summed E-state index contributed by atoms with van der Waals surface area (Å²) in [6.07, 6.45) is 8.46. The van der Waals surface area contributed by atoms with E-state index in [1.807, 2.05) is 12.4 Å². The molecule has 0 bridgehead atoms. The maximum atomic E-state index is 4.60. The Morgan fingerprint density at radius 3 is 1.37 bits per heavy atom. The van der Waals surface area contributed by atoms with Gasteiger partial charge < -0.3 is 14.7 Å². The zero-order valence-corrected chi connectivity index (χ0v) is 51.0. The number of hydrogen-bond donors (Lipinski definition) is 0. The molecular weight excluding hydrogens is 1020 g/mol. The van der Waals surface area contributed by atoms with E-state index in [1.165, 1.54) is 130 Å². The number of fused-ring (bicyclic) bond motifs is 7. The third-order valence-corrected chi connectivity index (χ3v) is 19.8. The zero-order valence-electron chi connectivity index (χ0n) is 51.0. The highest BCUT2D eigenvalue weighted by Crippen LogP contribution is 2.63. The normalized spacial score (nSPS) is 18.0. The number of anilines is 8. The molecule has 10 aromatic rings. The van der Waals surface area contributed by atoms with Gasteiger partial charge in [0.15, 0.2) is 0 Å². The highest BCUT2D eigenvalue weighted by Gasteiger charge is 2.58. The Labute approximate surface area is 500 Å². The van der Waals surface area contributed by atoms with Crippen molar-refractivity contribution in [2.45, 2.75) is 129 Å². The minimum Gasteiger partial charge on any atom is -0.334 e. The summed E-state index contributed by atoms with van der Waals surface area (Å²) in [5.41, 5.74) is 28.0. The first kappa shape index (κ1) is 53.6. The van der Waals surface area contributed by atoms with Crippen molar-refractivity contribution >= 4 is 68.6 Å². The molecule has 1 aliphatic carbocycles. The van der Waals surface area contributed by atoms with Crippen LogP contribution < -0.4 is 31.1 Å². The van der Waals surface area contributed by atoms with Crippen LogP contribution in [0.5, 0.6) is 0 Å². The van der Waals surface area contributed by atoms with E-state index in [1.54, 1.807) is 0 Å². The maximum absolute atomic E-state index is 4.60. The first-order valence-electron chi connectivity index (χ1n) is 30.7. The molecule has 416 valence electrons. The molecule has 3 aliphatic heterocycles. The van der Waals surface area contributed by atoms with Crippen molar-refractivity contribution in [1.82, 2.24) is 4.98 Å². The fraction of sp³-hybridized carbons (Fsp3) is 0.253. The molecule has 0 N–H and O–H groups in total. The maximum Gasteiger partial charge on any atom is 0.252 e. The second-order valence-corrected chi connectivity index (χ2v) is 28.0. The van der Waals surface area contributed by atoms with E-state index in [0.717, 1.165) is 24.1 Å². The van der Waals surface area contributed by atoms with Gasteiger partial charge in [0.2, 0.25) is 0 Å². The highest BCUT2D eigenvalue weighted by atomic mass is 15.3. The van der Waals surface area contributed by atoms with Crippen molar-refractivity contribution in [2.24, 2.45) is 0 Å². The molecule has 4 aliphatic rings. The van der Waals surface area contributed by atoms with Gasteiger partial charge >= 0.3 is 0 Å². The average Bonchev–Trinajstić information content (AvgIpc) is 1.20. The van der Waals surface area contributed by atoms with Crippen molar-refractivity contribution in [1.29, 1.82) is 0 Å². The largest absolute Gasteiger partial charge is 0.334 e. The lowest BCUT2D eigenvalue weighted by Gasteiger charge is -2.51. The van der Waals surface area contributed by atoms with E-state index in [9.17, 15) is 0 Å². The summed E-state index contributed by atoms with van der Waals surface area (Å²) in [5.74, 6) is 0. The van der Waals surface area contributed by atoms with Gasteiger partial charge in [-0.25, -0.2) is 0 Å². The summed E-state index contributed by atoms with van der Waals surface area (Å²) in [4.78, 5) is 12.8. The molecule has 14 rings (SSSR count). The molecule has 1 aromatic heterocycles. The summed E-state index contributed by atoms with van der Waals surface area (Å²) in [6.45, 7) is 26.2. The molecule has 2 atom stereocenters. The van der Waals surface area contributed by atoms with Gasteiger partial charge in [-0.15, -0.1) is 0 Å². The number of nitrogens with zero attached hydrogens (tertiary/aromatic N) is 4. The molecule has 5 heteroatoms. The molecule has 1 saturated carbocycles. The van der Waals surface area contributed by atoms with Crippen LogP contribution in [0.3, 0.4) is 0 Å². The third kappa shape index (κ3) is 8.58. The van der Waals surface area contributed by atoms with Crippen molar-refractivity contribution in [3.8, 4) is 44.5 Å². The zero-order chi connectivity index (χ0) is 58.1. The summed E-state index contributed by atoms with van der Waals surface area (Å²) in [6, 6.07) is 79.5. The Bertz CT molecular complexity index is 4170. The lowest BCUT2D eigenvalue weighted by atomic mass is 9.33. The summed E-state index contributed by atoms with van der Waals surface area (Å²) in [7, 11) is 0. The average molecular weight is 1090 g/mol. The SMILES string of the molecule is CC(C)(C)c1ccc2c(c1)B1c3cc(-c4ccccc4)ccc3N(c3ccc(C(C)(C)C)cc3-c3ccccc3)c3cc(N4c5ccc(-c6cccnc6)cc5C5(C)CCCCC45C)cc(c31)N2c1ccc(C(C)(C)C)cc1-c1ccccc1. The predicted octanol–water partition coefficient (Wildman–Crippen LogP) is 19.5. The summed E-state index contributed by atoms with van der Waals surface area (Å²) in [5, 5.41) is 0. The minimum atomic E-state index is -0.240. The van der Waals surface area contributed by atoms with Crippen LogP contribution in [0.4, 0.5) is 45.5 Å². The fourth-order valence-corrected chi connectivity index (χ4v) is 14.9. The van der Waals surface area contributed by atoms with Crippen LogP contribution in [-0.4, -0.2) is 17.2 Å². The van der Waals surface area contributed by atoms with Gasteiger partial charge in [-0.1, -0.05) is 222 Å². The lowest BCUT2D eigenvalue weighted by Crippen LogP contribution is -2.62. The summed E-state index contributed by atoms with van der Waals surface area (Å²) >= 11 is 0. The van der Waals surface area contributed by atoms with E-state index in [4.69, 9.17) is 0 Å². The molecule has 0 spiro atoms. The molecule has 0 radical (unpaired) electrons. The minimum absolute atomic E-state index is 0.0740. The second-order valence-electron chi connectivity index (χ2n) is 28.0. The smallest absolute Gasteiger partial charge is 0.252 e. The van der Waals surface area contributed by atoms with Crippen LogP contribution in [0.2, 0.25) is 0 Å². The van der Waals surface area contributed by atoms with Gasteiger partial charge in [-0.05, 0) is 175 Å². The van der Waals surface area contributed by atoms with E-state index >= 15 is 0 Å². The highest BCUT2D eigenvalue weighted by molar-refractivity contribution is 7.00. The standard InChI is InChI=1S/C79H77BN4/c1-75(2,3)58-33-38-67(62(46-58)53-26-17-13-18-27-53)82-70-37-32-56(52-24-15-12-16-25-52)45-65(70)80-66-48-60(77(7,8)9)35-40-71(66)83(68-39-34-59(76(4,5)6)47-63(68)54-28-19-14-20-29-54)73-50-61(49-72(82)74(73)80)84-69-36-31-55(57-30-23-43-81-51-57)44-64(69)78(10)41-21-22-42-79(78,84)11/h12-20,23-40,43-51H,21-22,41-42H2,1-11H3. The summed E-state index contributed by atoms with van der Waals surface area (Å²) < 4.78 is 0. The van der Waals surface area contributed by atoms with E-state index in [-0.39, 0.29) is 33.9 Å². The van der Waals surface area contributed by atoms with Gasteiger partial charge in [-0.2, -0.15) is 0 Å². The Kier molecular flexibility index (Phi) is 12.5. The van der Waals surface area contributed by atoms with Crippen LogP contribution in [-0.2, 0) is 21.7 Å². The number of rotatable bonds is 7. The molecule has 0 amide bonds. The first-order valence-corrected chi connectivity index (χ1v) is 30.7. The molecule has 2 unspecified atom stereocenters. The van der Waals surface area contributed by atoms with Gasteiger partial charge in [0.05, 0.1) is 16.9 Å². The van der Waals surface area contributed by atoms with Crippen molar-refractivity contribution < 1.29 is 0 Å². The molecule has 0 saturated heterocycles. The first-order chi connectivity index (χ1) is 40.3. The Balaban J connectivity index is 1.14. The van der Waals surface area contributed by atoms with Gasteiger partial charge in [0.1, 0.15) is 0 Å². The topological polar surface area (TPSA) is 22.6 Å². The van der Waals surface area contributed by atoms with Crippen molar-refractivity contribution in [3.63, 3.8) is 0 Å². The van der Waals surface area contributed by atoms with Gasteiger partial charge in [0.25, 0.3) is 6.71 Å². The van der Waals surface area contributed by atoms with E-state index < -0.39 is 0 Å². The number of benzene rings is 9. The number of aromatic nitrogens is 1. The quantitative estimate of drug-likeness (QED) is 0.148. The number of pyridine rings is 1. The monoisotopic (exact) mass is 1090 g/mol. The van der Waals surface area contributed by atoms with Crippen molar-refractivity contribution in [2.75, 3.05) is 14.7 Å². The Morgan fingerprint density at radius 1 is 0.393 bits per heavy atom. The van der Waals surface area contributed by atoms with Crippen LogP contribution in [0.1, 0.15) is 124 Å². The van der Waals surface area contributed by atoms with E-state index in [2.05, 4.69) is 302 Å². The third-order valence-electron chi connectivity index (χ3n) is 19.8. The molecule has 4 nitrogen and oxygen atoms in total. The molecule has 9 aromatic carbocycles. The van der Waals surface area contributed by atoms with Gasteiger partial charge in [-0.3, -0.25) is 4.98 Å². The van der Waals surface area contributed by atoms with Crippen LogP contribution in [0, 0.1) is 0 Å². The second kappa shape index (κ2) is 19.6. The number of hydrogen-bond acceptors (Lipinski definition) is 4. The Hall–Kier alpha value is -8.41. The van der Waals surface area contributed by atoms with Crippen LogP contribution >= 0.6 is 0 Å². The molecular formula is C79H77BN4.